The Morgan fingerprint density at radius 1 is 1.14 bits per heavy atom. The van der Waals surface area contributed by atoms with Crippen LogP contribution in [-0.4, -0.2) is 53.5 Å². The van der Waals surface area contributed by atoms with Crippen LogP contribution >= 0.6 is 0 Å². The highest BCUT2D eigenvalue weighted by Gasteiger charge is 2.12. The molecule has 0 amide bonds. The number of aryl methyl sites for hydroxylation is 1. The molecule has 7 heteroatoms. The lowest BCUT2D eigenvalue weighted by molar-refractivity contribution is 0.158. The number of rotatable bonds is 1. The summed E-state index contributed by atoms with van der Waals surface area (Å²) in [5, 5.41) is 0. The second-order valence-corrected chi connectivity index (χ2v) is 9.94. The lowest BCUT2D eigenvalue weighted by Gasteiger charge is -2.14. The van der Waals surface area contributed by atoms with Gasteiger partial charge in [-0.3, -0.25) is 0 Å². The molecule has 0 aromatic heterocycles. The molecular formula is C14H24N2O3S2. The molecule has 1 atom stereocenters. The second kappa shape index (κ2) is 7.91. The monoisotopic (exact) mass is 332 g/mol. The Labute approximate surface area is 128 Å². The third kappa shape index (κ3) is 5.76. The van der Waals surface area contributed by atoms with Crippen molar-refractivity contribution in [2.24, 2.45) is 8.73 Å². The molecule has 1 aromatic carbocycles. The number of hydrogen-bond donors (Lipinski definition) is 0. The van der Waals surface area contributed by atoms with Crippen LogP contribution in [0.2, 0.25) is 0 Å². The molecule has 1 saturated heterocycles. The van der Waals surface area contributed by atoms with Gasteiger partial charge in [-0.05, 0) is 19.1 Å². The maximum absolute atomic E-state index is 11.7. The van der Waals surface area contributed by atoms with Gasteiger partial charge in [-0.25, -0.2) is 17.1 Å². The molecule has 0 saturated carbocycles. The van der Waals surface area contributed by atoms with E-state index in [9.17, 15) is 8.42 Å². The first kappa shape index (κ1) is 18.1. The highest BCUT2D eigenvalue weighted by Crippen LogP contribution is 2.11. The Morgan fingerprint density at radius 2 is 1.67 bits per heavy atom. The fraction of sp³-hybridized carbons (Fsp3) is 0.571. The fourth-order valence-corrected chi connectivity index (χ4v) is 3.84. The highest BCUT2D eigenvalue weighted by molar-refractivity contribution is 7.93. The minimum atomic E-state index is -2.14. The molecule has 0 bridgehead atoms. The zero-order valence-corrected chi connectivity index (χ0v) is 14.7. The minimum absolute atomic E-state index is 0.607. The molecule has 120 valence electrons. The van der Waals surface area contributed by atoms with Crippen LogP contribution in [-0.2, 0) is 24.2 Å². The van der Waals surface area contributed by atoms with Gasteiger partial charge in [-0.15, -0.1) is 0 Å². The molecule has 2 rings (SSSR count). The van der Waals surface area contributed by atoms with Gasteiger partial charge in [0.2, 0.25) is 0 Å². The van der Waals surface area contributed by atoms with E-state index < -0.39 is 19.5 Å². The third-order valence-corrected chi connectivity index (χ3v) is 7.35. The SMILES string of the molecule is CN=S(C)(=O)c1ccc(C)cc1.CN=S1(=O)CCOCC1. The number of hydrogen-bond acceptors (Lipinski definition) is 5. The largest absolute Gasteiger partial charge is 0.379 e. The van der Waals surface area contributed by atoms with Crippen molar-refractivity contribution >= 4 is 19.5 Å². The van der Waals surface area contributed by atoms with E-state index in [4.69, 9.17) is 4.74 Å². The van der Waals surface area contributed by atoms with Crippen LogP contribution in [0.4, 0.5) is 0 Å². The average Bonchev–Trinajstić information content (AvgIpc) is 2.49. The minimum Gasteiger partial charge on any atom is -0.379 e. The highest BCUT2D eigenvalue weighted by atomic mass is 32.2. The van der Waals surface area contributed by atoms with Crippen LogP contribution in [0.25, 0.3) is 0 Å². The van der Waals surface area contributed by atoms with E-state index in [1.165, 1.54) is 5.56 Å². The van der Waals surface area contributed by atoms with Crippen LogP contribution in [0.15, 0.2) is 37.9 Å². The zero-order valence-electron chi connectivity index (χ0n) is 13.1. The summed E-state index contributed by atoms with van der Waals surface area (Å²) in [5.74, 6) is 1.23. The Bertz CT molecular complexity index is 669. The topological polar surface area (TPSA) is 68.1 Å². The summed E-state index contributed by atoms with van der Waals surface area (Å²) in [6, 6.07) is 7.63. The predicted molar refractivity (Wildman–Crippen MR) is 88.9 cm³/mol. The summed E-state index contributed by atoms with van der Waals surface area (Å²) in [4.78, 5) is 0.801. The smallest absolute Gasteiger partial charge is 0.0720 e. The predicted octanol–water partition coefficient (Wildman–Crippen LogP) is 2.20. The van der Waals surface area contributed by atoms with E-state index >= 15 is 0 Å². The average molecular weight is 332 g/mol. The molecule has 0 spiro atoms. The Kier molecular flexibility index (Phi) is 6.83. The fourth-order valence-electron chi connectivity index (χ4n) is 1.66. The number of nitrogens with zero attached hydrogens (tertiary/aromatic N) is 2. The Balaban J connectivity index is 0.000000219. The van der Waals surface area contributed by atoms with E-state index in [0.717, 1.165) is 4.90 Å². The molecular weight excluding hydrogens is 308 g/mol. The molecule has 1 aromatic rings. The molecule has 21 heavy (non-hydrogen) atoms. The van der Waals surface area contributed by atoms with Crippen LogP contribution in [0.1, 0.15) is 5.56 Å². The van der Waals surface area contributed by atoms with Crippen LogP contribution in [0.5, 0.6) is 0 Å². The van der Waals surface area contributed by atoms with Gasteiger partial charge in [0.25, 0.3) is 0 Å². The lowest BCUT2D eigenvalue weighted by atomic mass is 10.2. The van der Waals surface area contributed by atoms with Crippen LogP contribution in [0.3, 0.4) is 0 Å². The maximum atomic E-state index is 11.7. The van der Waals surface area contributed by atoms with Crippen molar-refractivity contribution in [3.05, 3.63) is 29.8 Å². The summed E-state index contributed by atoms with van der Waals surface area (Å²) < 4.78 is 35.7. The van der Waals surface area contributed by atoms with Crippen molar-refractivity contribution < 1.29 is 13.2 Å². The van der Waals surface area contributed by atoms with Gasteiger partial charge < -0.3 is 4.74 Å². The summed E-state index contributed by atoms with van der Waals surface area (Å²) in [5.41, 5.74) is 1.17. The van der Waals surface area contributed by atoms with Gasteiger partial charge in [-0.2, -0.15) is 0 Å². The third-order valence-electron chi connectivity index (χ3n) is 3.23. The van der Waals surface area contributed by atoms with E-state index in [-0.39, 0.29) is 0 Å². The van der Waals surface area contributed by atoms with Gasteiger partial charge in [0, 0.05) is 25.2 Å². The van der Waals surface area contributed by atoms with Gasteiger partial charge in [0.15, 0.2) is 0 Å². The molecule has 1 heterocycles. The zero-order chi connectivity index (χ0) is 15.9. The van der Waals surface area contributed by atoms with Crippen LogP contribution in [0, 0.1) is 6.92 Å². The molecule has 5 nitrogen and oxygen atoms in total. The molecule has 1 fully saturated rings. The van der Waals surface area contributed by atoms with Gasteiger partial charge in [0.05, 0.1) is 44.2 Å². The standard InChI is InChI=1S/C9H13NOS.C5H11NO2S/c1-8-4-6-9(7-5-8)12(3,11)10-2;1-6-9(7)4-2-8-3-5-9/h4-7H,1-3H3;2-5H2,1H3. The maximum Gasteiger partial charge on any atom is 0.0720 e. The molecule has 1 aliphatic rings. The van der Waals surface area contributed by atoms with E-state index in [1.54, 1.807) is 20.4 Å². The summed E-state index contributed by atoms with van der Waals surface area (Å²) in [6.45, 7) is 3.22. The van der Waals surface area contributed by atoms with Crippen molar-refractivity contribution in [2.75, 3.05) is 45.1 Å². The Hall–Kier alpha value is -0.920. The lowest BCUT2D eigenvalue weighted by Crippen LogP contribution is -2.25. The summed E-state index contributed by atoms with van der Waals surface area (Å²) in [6.07, 6.45) is 1.65. The normalized spacial score (nSPS) is 19.6. The van der Waals surface area contributed by atoms with Crippen molar-refractivity contribution in [3.63, 3.8) is 0 Å². The number of ether oxygens (including phenoxy) is 1. The van der Waals surface area contributed by atoms with Crippen molar-refractivity contribution in [1.82, 2.24) is 0 Å². The molecule has 0 radical (unpaired) electrons. The molecule has 1 unspecified atom stereocenters. The molecule has 1 aliphatic heterocycles. The second-order valence-electron chi connectivity index (χ2n) is 4.77. The number of benzene rings is 1. The molecule has 0 N–H and O–H groups in total. The van der Waals surface area contributed by atoms with E-state index in [1.807, 2.05) is 31.2 Å². The van der Waals surface area contributed by atoms with E-state index in [2.05, 4.69) is 8.73 Å². The first-order chi connectivity index (χ1) is 9.83. The first-order valence-electron chi connectivity index (χ1n) is 6.68. The van der Waals surface area contributed by atoms with Crippen molar-refractivity contribution in [2.45, 2.75) is 11.8 Å². The van der Waals surface area contributed by atoms with Crippen molar-refractivity contribution in [3.8, 4) is 0 Å². The first-order valence-corrected chi connectivity index (χ1v) is 10.5. The van der Waals surface area contributed by atoms with Gasteiger partial charge >= 0.3 is 0 Å². The quantitative estimate of drug-likeness (QED) is 0.791. The Morgan fingerprint density at radius 3 is 2.05 bits per heavy atom. The van der Waals surface area contributed by atoms with Gasteiger partial charge in [0.1, 0.15) is 0 Å². The summed E-state index contributed by atoms with van der Waals surface area (Å²) >= 11 is 0. The van der Waals surface area contributed by atoms with Crippen LogP contribution < -0.4 is 0 Å². The molecule has 0 aliphatic carbocycles. The van der Waals surface area contributed by atoms with E-state index in [0.29, 0.717) is 24.7 Å². The summed E-state index contributed by atoms with van der Waals surface area (Å²) in [7, 11) is -0.764. The van der Waals surface area contributed by atoms with Crippen molar-refractivity contribution in [1.29, 1.82) is 0 Å². The van der Waals surface area contributed by atoms with Gasteiger partial charge in [-0.1, -0.05) is 17.7 Å².